The molecular formula is C23H25F2N3O4. The first-order valence-corrected chi connectivity index (χ1v) is 10.6. The van der Waals surface area contributed by atoms with Crippen molar-refractivity contribution in [2.75, 3.05) is 6.54 Å². The molecule has 2 bridgehead atoms. The number of hydrogen-bond donors (Lipinski definition) is 2. The van der Waals surface area contributed by atoms with E-state index < -0.39 is 41.2 Å². The normalized spacial score (nSPS) is 22.3. The molecule has 0 saturated carbocycles. The first kappa shape index (κ1) is 22.0. The second-order valence-corrected chi connectivity index (χ2v) is 8.90. The van der Waals surface area contributed by atoms with Crippen molar-refractivity contribution >= 4 is 11.8 Å². The van der Waals surface area contributed by atoms with Gasteiger partial charge in [0.25, 0.3) is 11.8 Å². The monoisotopic (exact) mass is 445 g/mol. The number of amides is 2. The van der Waals surface area contributed by atoms with Gasteiger partial charge in [0.2, 0.25) is 5.43 Å². The zero-order chi connectivity index (χ0) is 23.3. The third-order valence-electron chi connectivity index (χ3n) is 6.38. The molecule has 2 aliphatic rings. The topological polar surface area (TPSA) is 91.6 Å². The molecular weight excluding hydrogens is 420 g/mol. The molecule has 2 N–H and O–H groups in total. The summed E-state index contributed by atoms with van der Waals surface area (Å²) in [6.45, 7) is 5.50. The van der Waals surface area contributed by atoms with Gasteiger partial charge in [-0.15, -0.1) is 0 Å². The predicted octanol–water partition coefficient (Wildman–Crippen LogP) is 2.89. The van der Waals surface area contributed by atoms with Gasteiger partial charge in [0.05, 0.1) is 6.04 Å². The van der Waals surface area contributed by atoms with Crippen molar-refractivity contribution in [1.29, 1.82) is 0 Å². The Bertz CT molecular complexity index is 1150. The van der Waals surface area contributed by atoms with E-state index in [1.54, 1.807) is 11.8 Å². The highest BCUT2D eigenvalue weighted by Gasteiger charge is 2.40. The maximum atomic E-state index is 14.1. The Balaban J connectivity index is 1.69. The molecule has 1 fully saturated rings. The van der Waals surface area contributed by atoms with Crippen molar-refractivity contribution in [2.45, 2.75) is 52.2 Å². The minimum absolute atomic E-state index is 0.0342. The molecule has 2 amide bonds. The average Bonchev–Trinajstić information content (AvgIpc) is 2.83. The Morgan fingerprint density at radius 3 is 2.50 bits per heavy atom. The fourth-order valence-electron chi connectivity index (χ4n) is 4.82. The van der Waals surface area contributed by atoms with Gasteiger partial charge in [-0.2, -0.15) is 0 Å². The molecule has 0 unspecified atom stereocenters. The molecule has 1 saturated heterocycles. The van der Waals surface area contributed by atoms with Crippen LogP contribution in [0.5, 0.6) is 5.75 Å². The van der Waals surface area contributed by atoms with Crippen molar-refractivity contribution in [3.8, 4) is 5.75 Å². The number of aromatic hydroxyl groups is 1. The van der Waals surface area contributed by atoms with E-state index in [1.165, 1.54) is 10.8 Å². The molecule has 2 aromatic rings. The van der Waals surface area contributed by atoms with E-state index in [0.29, 0.717) is 24.4 Å². The van der Waals surface area contributed by atoms with Gasteiger partial charge in [0.1, 0.15) is 17.2 Å². The summed E-state index contributed by atoms with van der Waals surface area (Å²) in [5.41, 5.74) is -1.43. The van der Waals surface area contributed by atoms with Crippen LogP contribution in [0.3, 0.4) is 0 Å². The maximum absolute atomic E-state index is 14.1. The maximum Gasteiger partial charge on any atom is 0.274 e. The van der Waals surface area contributed by atoms with Crippen LogP contribution in [-0.4, -0.2) is 39.0 Å². The number of fused-ring (bicyclic) bond motifs is 4. The van der Waals surface area contributed by atoms with Crippen LogP contribution in [0.15, 0.2) is 23.1 Å². The molecule has 0 radical (unpaired) electrons. The molecule has 0 spiro atoms. The quantitative estimate of drug-likeness (QED) is 0.760. The lowest BCUT2D eigenvalue weighted by atomic mass is 9.97. The summed E-state index contributed by atoms with van der Waals surface area (Å²) in [6.07, 6.45) is 2.78. The highest BCUT2D eigenvalue weighted by atomic mass is 19.1. The summed E-state index contributed by atoms with van der Waals surface area (Å²) < 4.78 is 29.7. The third kappa shape index (κ3) is 3.65. The van der Waals surface area contributed by atoms with Gasteiger partial charge >= 0.3 is 0 Å². The molecule has 1 aromatic carbocycles. The lowest BCUT2D eigenvalue weighted by Crippen LogP contribution is -2.47. The first-order valence-electron chi connectivity index (χ1n) is 10.6. The summed E-state index contributed by atoms with van der Waals surface area (Å²) in [4.78, 5) is 40.1. The number of aromatic nitrogens is 1. The molecule has 7 nitrogen and oxygen atoms in total. The molecule has 2 aliphatic heterocycles. The summed E-state index contributed by atoms with van der Waals surface area (Å²) in [5, 5.41) is 12.9. The van der Waals surface area contributed by atoms with E-state index >= 15 is 0 Å². The van der Waals surface area contributed by atoms with Gasteiger partial charge in [-0.05, 0) is 50.3 Å². The second kappa shape index (κ2) is 8.03. The standard InChI is InChI=1S/C23H25F2N3O4/c1-11-4-13(3)27-9-14(5-11)28-10-16(20(29)21(30)19(28)23(27)32)22(31)26-8-15-17(24)6-12(2)7-18(15)25/h6-7,10-11,13-14,30H,4-5,8-9H2,1-3H3,(H,26,31)/t11-,13+,14+/m1/s1. The number of carbonyl (C=O) groups is 2. The van der Waals surface area contributed by atoms with E-state index in [0.717, 1.165) is 18.6 Å². The lowest BCUT2D eigenvalue weighted by molar-refractivity contribution is 0.0604. The van der Waals surface area contributed by atoms with Crippen molar-refractivity contribution in [1.82, 2.24) is 14.8 Å². The van der Waals surface area contributed by atoms with E-state index in [1.807, 2.05) is 6.92 Å². The molecule has 0 aliphatic carbocycles. The Kier molecular flexibility index (Phi) is 5.52. The number of hydrogen-bond acceptors (Lipinski definition) is 4. The lowest BCUT2D eigenvalue weighted by Gasteiger charge is -2.37. The van der Waals surface area contributed by atoms with Crippen molar-refractivity contribution < 1.29 is 23.5 Å². The number of benzene rings is 1. The van der Waals surface area contributed by atoms with Crippen LogP contribution in [0.1, 0.15) is 64.7 Å². The van der Waals surface area contributed by atoms with Gasteiger partial charge in [0, 0.05) is 30.9 Å². The summed E-state index contributed by atoms with van der Waals surface area (Å²) >= 11 is 0. The van der Waals surface area contributed by atoms with Crippen molar-refractivity contribution in [3.05, 3.63) is 62.6 Å². The molecule has 4 rings (SSSR count). The van der Waals surface area contributed by atoms with E-state index in [4.69, 9.17) is 0 Å². The largest absolute Gasteiger partial charge is 0.503 e. The van der Waals surface area contributed by atoms with Crippen molar-refractivity contribution in [2.24, 2.45) is 5.92 Å². The van der Waals surface area contributed by atoms with Gasteiger partial charge in [-0.3, -0.25) is 14.4 Å². The van der Waals surface area contributed by atoms with Gasteiger partial charge in [0.15, 0.2) is 11.4 Å². The third-order valence-corrected chi connectivity index (χ3v) is 6.38. The van der Waals surface area contributed by atoms with Crippen molar-refractivity contribution in [3.63, 3.8) is 0 Å². The van der Waals surface area contributed by atoms with Crippen LogP contribution >= 0.6 is 0 Å². The van der Waals surface area contributed by atoms with Crippen LogP contribution < -0.4 is 10.7 Å². The zero-order valence-electron chi connectivity index (χ0n) is 18.1. The van der Waals surface area contributed by atoms with Crippen LogP contribution in [-0.2, 0) is 6.54 Å². The highest BCUT2D eigenvalue weighted by Crippen LogP contribution is 2.36. The van der Waals surface area contributed by atoms with E-state index in [9.17, 15) is 28.3 Å². The number of halogens is 2. The van der Waals surface area contributed by atoms with Crippen LogP contribution in [0.2, 0.25) is 0 Å². The number of aryl methyl sites for hydroxylation is 1. The highest BCUT2D eigenvalue weighted by molar-refractivity contribution is 5.99. The number of nitrogens with zero attached hydrogens (tertiary/aromatic N) is 2. The number of rotatable bonds is 3. The van der Waals surface area contributed by atoms with E-state index in [2.05, 4.69) is 12.2 Å². The van der Waals surface area contributed by atoms with Crippen LogP contribution in [0.4, 0.5) is 8.78 Å². The zero-order valence-corrected chi connectivity index (χ0v) is 18.1. The fraction of sp³-hybridized carbons (Fsp3) is 0.435. The predicted molar refractivity (Wildman–Crippen MR) is 113 cm³/mol. The Morgan fingerprint density at radius 2 is 1.84 bits per heavy atom. The smallest absolute Gasteiger partial charge is 0.274 e. The molecule has 3 heterocycles. The Labute approximate surface area is 183 Å². The summed E-state index contributed by atoms with van der Waals surface area (Å²) in [6, 6.07) is 2.06. The number of carbonyl (C=O) groups excluding carboxylic acids is 2. The minimum Gasteiger partial charge on any atom is -0.503 e. The second-order valence-electron chi connectivity index (χ2n) is 8.90. The fourth-order valence-corrected chi connectivity index (χ4v) is 4.82. The minimum atomic E-state index is -0.993. The van der Waals surface area contributed by atoms with E-state index in [-0.39, 0.29) is 28.9 Å². The molecule has 3 atom stereocenters. The average molecular weight is 445 g/mol. The SMILES string of the molecule is Cc1cc(F)c(CNC(=O)c2cn3c(c(O)c2=O)C(=O)N2C[C@@H]3C[C@H](C)C[C@@H]2C)c(F)c1. The summed E-state index contributed by atoms with van der Waals surface area (Å²) in [5.74, 6) is -3.44. The number of nitrogens with one attached hydrogen (secondary N) is 1. The number of pyridine rings is 1. The van der Waals surface area contributed by atoms with Gasteiger partial charge < -0.3 is 19.9 Å². The molecule has 170 valence electrons. The molecule has 32 heavy (non-hydrogen) atoms. The van der Waals surface area contributed by atoms with Crippen LogP contribution in [0.25, 0.3) is 0 Å². The van der Waals surface area contributed by atoms with Crippen LogP contribution in [0, 0.1) is 24.5 Å². The van der Waals surface area contributed by atoms with Gasteiger partial charge in [-0.25, -0.2) is 8.78 Å². The summed E-state index contributed by atoms with van der Waals surface area (Å²) in [7, 11) is 0. The first-order chi connectivity index (χ1) is 15.1. The Morgan fingerprint density at radius 1 is 1.19 bits per heavy atom. The molecule has 1 aromatic heterocycles. The Hall–Kier alpha value is -3.23. The molecule has 9 heteroatoms. The van der Waals surface area contributed by atoms with Gasteiger partial charge in [-0.1, -0.05) is 6.92 Å².